The van der Waals surface area contributed by atoms with Crippen molar-refractivity contribution in [2.45, 2.75) is 20.0 Å². The largest absolute Gasteiger partial charge is 0.442 e. The lowest BCUT2D eigenvalue weighted by molar-refractivity contribution is -0.119. The molecule has 2 aromatic carbocycles. The minimum absolute atomic E-state index is 0.192. The zero-order valence-corrected chi connectivity index (χ0v) is 14.1. The van der Waals surface area contributed by atoms with Crippen molar-refractivity contribution in [2.24, 2.45) is 0 Å². The van der Waals surface area contributed by atoms with E-state index in [9.17, 15) is 14.0 Å². The molecule has 0 aromatic heterocycles. The summed E-state index contributed by atoms with van der Waals surface area (Å²) in [6, 6.07) is 12.3. The number of amides is 2. The molecule has 0 bridgehead atoms. The molecule has 2 amide bonds. The zero-order chi connectivity index (χ0) is 18.0. The number of cyclic esters (lactones) is 1. The lowest BCUT2D eigenvalue weighted by Crippen LogP contribution is -2.33. The van der Waals surface area contributed by atoms with Gasteiger partial charge >= 0.3 is 6.09 Å². The van der Waals surface area contributed by atoms with E-state index < -0.39 is 18.0 Å². The Labute approximate surface area is 145 Å². The van der Waals surface area contributed by atoms with Gasteiger partial charge in [-0.1, -0.05) is 29.8 Å². The molecule has 25 heavy (non-hydrogen) atoms. The van der Waals surface area contributed by atoms with Crippen LogP contribution in [0, 0.1) is 12.7 Å². The monoisotopic (exact) mass is 342 g/mol. The summed E-state index contributed by atoms with van der Waals surface area (Å²) in [5.41, 5.74) is 2.79. The third-order valence-corrected chi connectivity index (χ3v) is 4.08. The molecule has 0 saturated carbocycles. The Bertz CT molecular complexity index is 805. The Morgan fingerprint density at radius 3 is 2.64 bits per heavy atom. The van der Waals surface area contributed by atoms with Gasteiger partial charge in [0.15, 0.2) is 0 Å². The normalized spacial score (nSPS) is 16.7. The molecular formula is C19H19FN2O3. The van der Waals surface area contributed by atoms with Gasteiger partial charge in [-0.15, -0.1) is 0 Å². The smallest absolute Gasteiger partial charge is 0.414 e. The van der Waals surface area contributed by atoms with Gasteiger partial charge in [-0.05, 0) is 30.7 Å². The Balaban J connectivity index is 1.77. The van der Waals surface area contributed by atoms with Crippen LogP contribution in [0.5, 0.6) is 0 Å². The van der Waals surface area contributed by atoms with E-state index in [2.05, 4.69) is 5.32 Å². The van der Waals surface area contributed by atoms with Gasteiger partial charge in [0.25, 0.3) is 0 Å². The molecule has 5 nitrogen and oxygen atoms in total. The first-order valence-corrected chi connectivity index (χ1v) is 8.03. The summed E-state index contributed by atoms with van der Waals surface area (Å²) < 4.78 is 19.7. The average Bonchev–Trinajstić information content (AvgIpc) is 2.95. The van der Waals surface area contributed by atoms with Crippen molar-refractivity contribution in [3.63, 3.8) is 0 Å². The van der Waals surface area contributed by atoms with E-state index in [1.165, 1.54) is 17.9 Å². The van der Waals surface area contributed by atoms with Crippen molar-refractivity contribution >= 4 is 17.7 Å². The zero-order valence-electron chi connectivity index (χ0n) is 14.1. The molecule has 130 valence electrons. The van der Waals surface area contributed by atoms with Gasteiger partial charge in [-0.25, -0.2) is 9.18 Å². The van der Waals surface area contributed by atoms with Crippen LogP contribution in [0.2, 0.25) is 0 Å². The molecule has 0 aliphatic carbocycles. The first kappa shape index (κ1) is 17.0. The fraction of sp³-hybridized carbons (Fsp3) is 0.263. The average molecular weight is 342 g/mol. The van der Waals surface area contributed by atoms with E-state index in [0.29, 0.717) is 11.3 Å². The van der Waals surface area contributed by atoms with Gasteiger partial charge in [0, 0.05) is 12.5 Å². The molecule has 1 unspecified atom stereocenters. The maximum Gasteiger partial charge on any atom is 0.414 e. The molecule has 1 aliphatic rings. The summed E-state index contributed by atoms with van der Waals surface area (Å²) in [4.78, 5) is 24.3. The van der Waals surface area contributed by atoms with Crippen LogP contribution in [0.4, 0.5) is 14.9 Å². The number of hydrogen-bond acceptors (Lipinski definition) is 3. The fourth-order valence-electron chi connectivity index (χ4n) is 2.74. The molecule has 2 aromatic rings. The molecule has 0 radical (unpaired) electrons. The van der Waals surface area contributed by atoms with E-state index in [4.69, 9.17) is 4.74 Å². The van der Waals surface area contributed by atoms with Crippen LogP contribution in [0.25, 0.3) is 11.1 Å². The summed E-state index contributed by atoms with van der Waals surface area (Å²) in [6.07, 6.45) is -0.992. The number of anilines is 1. The van der Waals surface area contributed by atoms with Crippen molar-refractivity contribution < 1.29 is 18.7 Å². The fourth-order valence-corrected chi connectivity index (χ4v) is 2.74. The summed E-state index contributed by atoms with van der Waals surface area (Å²) >= 11 is 0. The van der Waals surface area contributed by atoms with E-state index in [1.807, 2.05) is 31.2 Å². The molecule has 1 saturated heterocycles. The van der Waals surface area contributed by atoms with Crippen LogP contribution in [0.3, 0.4) is 0 Å². The lowest BCUT2D eigenvalue weighted by Gasteiger charge is -2.14. The lowest BCUT2D eigenvalue weighted by atomic mass is 10.0. The first-order valence-electron chi connectivity index (χ1n) is 8.03. The van der Waals surface area contributed by atoms with Gasteiger partial charge in [-0.2, -0.15) is 0 Å². The second-order valence-electron chi connectivity index (χ2n) is 6.08. The summed E-state index contributed by atoms with van der Waals surface area (Å²) in [7, 11) is 0. The van der Waals surface area contributed by atoms with Crippen LogP contribution >= 0.6 is 0 Å². The molecule has 1 heterocycles. The predicted octanol–water partition coefficient (Wildman–Crippen LogP) is 3.26. The molecular weight excluding hydrogens is 323 g/mol. The standard InChI is InChI=1S/C19H19FN2O3/c1-12-3-5-14(6-4-12)17-8-7-15(9-18(17)20)22-11-16(25-19(22)24)10-21-13(2)23/h3-9,16H,10-11H2,1-2H3,(H,21,23). The highest BCUT2D eigenvalue weighted by atomic mass is 19.1. The highest BCUT2D eigenvalue weighted by Crippen LogP contribution is 2.29. The van der Waals surface area contributed by atoms with Crippen molar-refractivity contribution in [3.05, 3.63) is 53.8 Å². The number of halogens is 1. The number of ether oxygens (including phenoxy) is 1. The summed E-state index contributed by atoms with van der Waals surface area (Å²) in [6.45, 7) is 3.87. The third-order valence-electron chi connectivity index (χ3n) is 4.08. The van der Waals surface area contributed by atoms with Gasteiger partial charge in [0.2, 0.25) is 5.91 Å². The molecule has 1 atom stereocenters. The Morgan fingerprint density at radius 2 is 2.00 bits per heavy atom. The molecule has 1 aliphatic heterocycles. The van der Waals surface area contributed by atoms with Crippen LogP contribution in [0.1, 0.15) is 12.5 Å². The maximum atomic E-state index is 14.5. The number of carbonyl (C=O) groups is 2. The van der Waals surface area contributed by atoms with E-state index >= 15 is 0 Å². The highest BCUT2D eigenvalue weighted by Gasteiger charge is 2.32. The molecule has 1 fully saturated rings. The Hall–Kier alpha value is -2.89. The maximum absolute atomic E-state index is 14.5. The minimum atomic E-state index is -0.544. The Kier molecular flexibility index (Phi) is 4.70. The second-order valence-corrected chi connectivity index (χ2v) is 6.08. The third kappa shape index (κ3) is 3.79. The van der Waals surface area contributed by atoms with Crippen LogP contribution < -0.4 is 10.2 Å². The van der Waals surface area contributed by atoms with Crippen LogP contribution in [0.15, 0.2) is 42.5 Å². The molecule has 1 N–H and O–H groups in total. The number of rotatable bonds is 4. The van der Waals surface area contributed by atoms with Gasteiger partial charge in [0.05, 0.1) is 18.8 Å². The molecule has 0 spiro atoms. The van der Waals surface area contributed by atoms with E-state index in [-0.39, 0.29) is 19.0 Å². The van der Waals surface area contributed by atoms with Gasteiger partial charge < -0.3 is 10.1 Å². The van der Waals surface area contributed by atoms with Crippen LogP contribution in [-0.4, -0.2) is 31.2 Å². The van der Waals surface area contributed by atoms with Crippen molar-refractivity contribution in [1.82, 2.24) is 5.32 Å². The van der Waals surface area contributed by atoms with Crippen molar-refractivity contribution in [2.75, 3.05) is 18.0 Å². The number of nitrogens with zero attached hydrogens (tertiary/aromatic N) is 1. The first-order chi connectivity index (χ1) is 11.9. The van der Waals surface area contributed by atoms with Gasteiger partial charge in [0.1, 0.15) is 11.9 Å². The predicted molar refractivity (Wildman–Crippen MR) is 92.9 cm³/mol. The number of nitrogens with one attached hydrogen (secondary N) is 1. The SMILES string of the molecule is CC(=O)NCC1CN(c2ccc(-c3ccc(C)cc3)c(F)c2)C(=O)O1. The molecule has 6 heteroatoms. The van der Waals surface area contributed by atoms with Crippen molar-refractivity contribution in [3.8, 4) is 11.1 Å². The van der Waals surface area contributed by atoms with Crippen LogP contribution in [-0.2, 0) is 9.53 Å². The number of aryl methyl sites for hydroxylation is 1. The number of benzene rings is 2. The van der Waals surface area contributed by atoms with Gasteiger partial charge in [-0.3, -0.25) is 9.69 Å². The molecule has 3 rings (SSSR count). The van der Waals surface area contributed by atoms with E-state index in [1.54, 1.807) is 12.1 Å². The second kappa shape index (κ2) is 6.93. The van der Waals surface area contributed by atoms with Crippen molar-refractivity contribution in [1.29, 1.82) is 0 Å². The quantitative estimate of drug-likeness (QED) is 0.928. The number of hydrogen-bond donors (Lipinski definition) is 1. The number of carbonyl (C=O) groups excluding carboxylic acids is 2. The topological polar surface area (TPSA) is 58.6 Å². The highest BCUT2D eigenvalue weighted by molar-refractivity contribution is 5.90. The minimum Gasteiger partial charge on any atom is -0.442 e. The summed E-state index contributed by atoms with van der Waals surface area (Å²) in [5, 5.41) is 2.61. The summed E-state index contributed by atoms with van der Waals surface area (Å²) in [5.74, 6) is -0.595. The van der Waals surface area contributed by atoms with E-state index in [0.717, 1.165) is 11.1 Å². The Morgan fingerprint density at radius 1 is 1.28 bits per heavy atom.